The molecule has 0 radical (unpaired) electrons. The number of amides is 8. The van der Waals surface area contributed by atoms with Crippen LogP contribution in [0.3, 0.4) is 0 Å². The van der Waals surface area contributed by atoms with Crippen LogP contribution in [0.5, 0.6) is 0 Å². The Morgan fingerprint density at radius 3 is 1.49 bits per heavy atom. The van der Waals surface area contributed by atoms with Crippen LogP contribution in [-0.2, 0) is 65.6 Å². The fraction of sp³-hybridized carbons (Fsp3) is 0.455. The summed E-state index contributed by atoms with van der Waals surface area (Å²) in [7, 11) is 2.50. The van der Waals surface area contributed by atoms with Gasteiger partial charge in [-0.2, -0.15) is 0 Å². The molecule has 15 N–H and O–H groups in total. The quantitative estimate of drug-likeness (QED) is 0.0271. The summed E-state index contributed by atoms with van der Waals surface area (Å²) in [6.07, 6.45) is -3.52. The van der Waals surface area contributed by atoms with Crippen molar-refractivity contribution >= 4 is 92.9 Å². The molecule has 0 heterocycles. The van der Waals surface area contributed by atoms with E-state index < -0.39 is 152 Å². The molecule has 0 saturated carbocycles. The van der Waals surface area contributed by atoms with Gasteiger partial charge >= 0.3 is 35.9 Å². The van der Waals surface area contributed by atoms with Gasteiger partial charge in [-0.1, -0.05) is 89.2 Å². The number of carboxylic acids is 5. The summed E-state index contributed by atoms with van der Waals surface area (Å²) >= 11 is 0. The van der Waals surface area contributed by atoms with Crippen LogP contribution >= 0.6 is 21.6 Å². The summed E-state index contributed by atoms with van der Waals surface area (Å²) in [5.74, 6) is -12.0. The zero-order chi connectivity index (χ0) is 53.8. The average molecular weight is 1050 g/mol. The van der Waals surface area contributed by atoms with E-state index in [0.717, 1.165) is 10.8 Å². The Balaban J connectivity index is 2.13. The molecule has 0 aliphatic heterocycles. The van der Waals surface area contributed by atoms with E-state index >= 15 is 0 Å². The van der Waals surface area contributed by atoms with Crippen LogP contribution in [0.15, 0.2) is 60.7 Å². The number of rotatable bonds is 34. The van der Waals surface area contributed by atoms with Crippen LogP contribution < -0.4 is 48.3 Å². The smallest absolute Gasteiger partial charge is 0.327 e. The van der Waals surface area contributed by atoms with Crippen LogP contribution in [-0.4, -0.2) is 164 Å². The number of carbonyl (C=O) groups is 12. The van der Waals surface area contributed by atoms with Gasteiger partial charge in [0.2, 0.25) is 35.4 Å². The maximum atomic E-state index is 14.0. The van der Waals surface area contributed by atoms with Gasteiger partial charge in [-0.15, -0.1) is 0 Å². The Hall–Kier alpha value is -7.46. The lowest BCUT2D eigenvalue weighted by molar-refractivity contribution is -0.143. The van der Waals surface area contributed by atoms with Crippen molar-refractivity contribution in [1.82, 2.24) is 42.5 Å². The second kappa shape index (κ2) is 32.4. The molecule has 0 aliphatic carbocycles. The zero-order valence-electron chi connectivity index (χ0n) is 38.8. The SMILES string of the molecule is CCSSC[C@@H](NC(=O)[C@H](CC(=O)O)NC(=O)[C@@H](N)CNC(=O)[C@H](Cc1ccccc1)NC(=O)[C@H](Cc1ccccc1)NC(=O)CCNC(=O)CC[C@H](NC(=O)N[C@@H](CCC(=O)O)C(=O)O)C(=O)O)C(=O)O. The lowest BCUT2D eigenvalue weighted by atomic mass is 10.0. The minimum atomic E-state index is -1.75. The molecule has 0 bridgehead atoms. The number of carboxylic acid groups (broad SMARTS) is 5. The predicted octanol–water partition coefficient (Wildman–Crippen LogP) is -1.83. The highest BCUT2D eigenvalue weighted by molar-refractivity contribution is 8.76. The van der Waals surface area contributed by atoms with E-state index in [1.165, 1.54) is 10.8 Å². The number of hydrogen-bond acceptors (Lipinski definition) is 15. The molecule has 0 saturated heterocycles. The van der Waals surface area contributed by atoms with Gasteiger partial charge in [-0.25, -0.2) is 19.2 Å². The highest BCUT2D eigenvalue weighted by Gasteiger charge is 2.32. The number of aliphatic carboxylic acids is 5. The maximum absolute atomic E-state index is 14.0. The summed E-state index contributed by atoms with van der Waals surface area (Å²) in [4.78, 5) is 149. The molecule has 2 aromatic carbocycles. The van der Waals surface area contributed by atoms with E-state index in [0.29, 0.717) is 16.9 Å². The zero-order valence-corrected chi connectivity index (χ0v) is 40.5. The molecule has 0 aliphatic rings. The molecule has 72 heavy (non-hydrogen) atoms. The van der Waals surface area contributed by atoms with Gasteiger partial charge in [0.05, 0.1) is 6.42 Å². The summed E-state index contributed by atoms with van der Waals surface area (Å²) in [6, 6.07) is 4.95. The first kappa shape index (κ1) is 60.7. The van der Waals surface area contributed by atoms with Crippen molar-refractivity contribution in [2.45, 2.75) is 101 Å². The summed E-state index contributed by atoms with van der Waals surface area (Å²) in [6.45, 7) is 0.954. The van der Waals surface area contributed by atoms with E-state index in [1.54, 1.807) is 60.7 Å². The molecular formula is C44H59N9O17S2. The molecule has 26 nitrogen and oxygen atoms in total. The van der Waals surface area contributed by atoms with Crippen molar-refractivity contribution in [3.63, 3.8) is 0 Å². The highest BCUT2D eigenvalue weighted by atomic mass is 33.1. The molecule has 0 fully saturated rings. The molecule has 394 valence electrons. The minimum absolute atomic E-state index is 0.0619. The normalized spacial score (nSPS) is 13.6. The summed E-state index contributed by atoms with van der Waals surface area (Å²) in [5, 5.41) is 65.0. The predicted molar refractivity (Wildman–Crippen MR) is 258 cm³/mol. The maximum Gasteiger partial charge on any atom is 0.327 e. The average Bonchev–Trinajstić information content (AvgIpc) is 3.32. The van der Waals surface area contributed by atoms with Gasteiger partial charge in [-0.05, 0) is 24.0 Å². The first-order valence-corrected chi connectivity index (χ1v) is 24.6. The first-order chi connectivity index (χ1) is 34.1. The first-order valence-electron chi connectivity index (χ1n) is 22.1. The summed E-state index contributed by atoms with van der Waals surface area (Å²) < 4.78 is 0. The lowest BCUT2D eigenvalue weighted by Crippen LogP contribution is -2.58. The van der Waals surface area contributed by atoms with E-state index in [2.05, 4.69) is 31.9 Å². The molecule has 0 spiro atoms. The third-order valence-electron chi connectivity index (χ3n) is 9.93. The van der Waals surface area contributed by atoms with Gasteiger partial charge in [0.25, 0.3) is 0 Å². The van der Waals surface area contributed by atoms with Crippen molar-refractivity contribution < 1.29 is 83.1 Å². The molecule has 2 rings (SSSR count). The van der Waals surface area contributed by atoms with Crippen LogP contribution in [0, 0.1) is 0 Å². The fourth-order valence-corrected chi connectivity index (χ4v) is 8.03. The molecule has 7 atom stereocenters. The molecule has 0 unspecified atom stereocenters. The number of nitrogens with two attached hydrogens (primary N) is 1. The second-order valence-corrected chi connectivity index (χ2v) is 18.4. The number of nitrogens with one attached hydrogen (secondary N) is 8. The monoisotopic (exact) mass is 1050 g/mol. The molecule has 8 amide bonds. The van der Waals surface area contributed by atoms with Crippen LogP contribution in [0.4, 0.5) is 4.79 Å². The van der Waals surface area contributed by atoms with Gasteiger partial charge < -0.3 is 73.8 Å². The molecular weight excluding hydrogens is 991 g/mol. The highest BCUT2D eigenvalue weighted by Crippen LogP contribution is 2.21. The number of benzene rings is 2. The Morgan fingerprint density at radius 1 is 0.500 bits per heavy atom. The van der Waals surface area contributed by atoms with Crippen LogP contribution in [0.2, 0.25) is 0 Å². The van der Waals surface area contributed by atoms with Crippen molar-refractivity contribution in [2.75, 3.05) is 24.6 Å². The Kier molecular flexibility index (Phi) is 27.3. The molecule has 28 heteroatoms. The van der Waals surface area contributed by atoms with Gasteiger partial charge in [0.1, 0.15) is 42.3 Å². The minimum Gasteiger partial charge on any atom is -0.481 e. The largest absolute Gasteiger partial charge is 0.481 e. The summed E-state index contributed by atoms with van der Waals surface area (Å²) in [5.41, 5.74) is 7.22. The Labute approximate surface area is 419 Å². The second-order valence-electron chi connectivity index (χ2n) is 15.6. The fourth-order valence-electron chi connectivity index (χ4n) is 6.21. The third kappa shape index (κ3) is 24.4. The van der Waals surface area contributed by atoms with Gasteiger partial charge in [0.15, 0.2) is 0 Å². The number of hydrogen-bond donors (Lipinski definition) is 14. The van der Waals surface area contributed by atoms with Crippen molar-refractivity contribution in [1.29, 1.82) is 0 Å². The van der Waals surface area contributed by atoms with E-state index in [-0.39, 0.29) is 31.6 Å². The van der Waals surface area contributed by atoms with E-state index in [9.17, 15) is 78.0 Å². The number of carbonyl (C=O) groups excluding carboxylic acids is 7. The van der Waals surface area contributed by atoms with Crippen molar-refractivity contribution in [2.24, 2.45) is 5.73 Å². The Morgan fingerprint density at radius 2 is 0.986 bits per heavy atom. The molecule has 0 aromatic heterocycles. The van der Waals surface area contributed by atoms with Gasteiger partial charge in [0, 0.05) is 56.7 Å². The van der Waals surface area contributed by atoms with E-state index in [4.69, 9.17) is 10.8 Å². The van der Waals surface area contributed by atoms with Crippen molar-refractivity contribution in [3.8, 4) is 0 Å². The van der Waals surface area contributed by atoms with Crippen molar-refractivity contribution in [3.05, 3.63) is 71.8 Å². The Bertz CT molecular complexity index is 2210. The lowest BCUT2D eigenvalue weighted by Gasteiger charge is -2.25. The van der Waals surface area contributed by atoms with Crippen LogP contribution in [0.1, 0.15) is 56.6 Å². The standard InChI is InChI=1S/C44H59N9O17S2/c1-2-71-72-23-32(43(68)69)51-40(63)31(21-36(58)59)49-37(60)26(45)22-47-38(61)29(19-24-9-5-3-6-10-24)50-39(62)30(20-25-11-7-4-8-12-25)48-34(55)17-18-46-33(54)15-13-27(41(64)65)52-44(70)53-28(42(66)67)14-16-35(56)57/h3-12,26-32H,2,13-23,45H2,1H3,(H,46,54)(H,47,61)(H,48,55)(H,49,60)(H,50,62)(H,51,63)(H,56,57)(H,58,59)(H,64,65)(H,66,67)(H,68,69)(H2,52,53,70)/t26-,27-,28-,29-,30-,31-,32+/m0/s1. The topological polar surface area (TPSA) is 428 Å². The van der Waals surface area contributed by atoms with E-state index in [1.807, 2.05) is 17.6 Å². The van der Waals surface area contributed by atoms with Gasteiger partial charge in [-0.3, -0.25) is 38.4 Å². The third-order valence-corrected chi connectivity index (χ3v) is 12.4. The van der Waals surface area contributed by atoms with Crippen LogP contribution in [0.25, 0.3) is 0 Å². The number of urea groups is 1. The molecule has 2 aromatic rings.